The summed E-state index contributed by atoms with van der Waals surface area (Å²) in [5, 5.41) is 6.36. The van der Waals surface area contributed by atoms with Crippen LogP contribution in [0.4, 0.5) is 0 Å². The van der Waals surface area contributed by atoms with Crippen molar-refractivity contribution in [1.82, 2.24) is 10.6 Å². The van der Waals surface area contributed by atoms with Gasteiger partial charge in [-0.15, -0.1) is 0 Å². The molecular formula is C13H22N2O. The lowest BCUT2D eigenvalue weighted by molar-refractivity contribution is -0.125. The quantitative estimate of drug-likeness (QED) is 0.712. The normalized spacial score (nSPS) is 22.6. The van der Waals surface area contributed by atoms with Crippen molar-refractivity contribution < 1.29 is 4.79 Å². The number of carbonyl (C=O) groups excluding carboxylic acids is 1. The minimum atomic E-state index is 0.277. The van der Waals surface area contributed by atoms with Gasteiger partial charge in [-0.2, -0.15) is 0 Å². The van der Waals surface area contributed by atoms with E-state index in [2.05, 4.69) is 16.7 Å². The molecule has 3 nitrogen and oxygen atoms in total. The Morgan fingerprint density at radius 2 is 2.19 bits per heavy atom. The molecule has 0 atom stereocenters. The lowest BCUT2D eigenvalue weighted by Crippen LogP contribution is -2.34. The van der Waals surface area contributed by atoms with Crippen molar-refractivity contribution in [1.29, 1.82) is 0 Å². The van der Waals surface area contributed by atoms with Crippen LogP contribution in [0.2, 0.25) is 0 Å². The van der Waals surface area contributed by atoms with Crippen molar-refractivity contribution in [3.63, 3.8) is 0 Å². The summed E-state index contributed by atoms with van der Waals surface area (Å²) in [7, 11) is 0. The second-order valence-corrected chi connectivity index (χ2v) is 4.87. The highest BCUT2D eigenvalue weighted by Crippen LogP contribution is 2.23. The van der Waals surface area contributed by atoms with E-state index in [0.717, 1.165) is 38.9 Å². The van der Waals surface area contributed by atoms with Gasteiger partial charge in [-0.05, 0) is 25.8 Å². The Morgan fingerprint density at radius 1 is 1.38 bits per heavy atom. The van der Waals surface area contributed by atoms with Crippen LogP contribution in [0, 0.1) is 5.92 Å². The van der Waals surface area contributed by atoms with Crippen LogP contribution < -0.4 is 10.6 Å². The Hall–Kier alpha value is -0.830. The molecule has 1 aliphatic carbocycles. The van der Waals surface area contributed by atoms with Crippen molar-refractivity contribution in [3.05, 3.63) is 11.6 Å². The Labute approximate surface area is 97.7 Å². The van der Waals surface area contributed by atoms with Gasteiger partial charge in [0.1, 0.15) is 0 Å². The molecule has 0 radical (unpaired) electrons. The highest BCUT2D eigenvalue weighted by Gasteiger charge is 2.20. The van der Waals surface area contributed by atoms with Crippen LogP contribution in [-0.2, 0) is 4.79 Å². The first-order valence-corrected chi connectivity index (χ1v) is 6.52. The zero-order chi connectivity index (χ0) is 11.2. The van der Waals surface area contributed by atoms with Crippen molar-refractivity contribution in [2.45, 2.75) is 38.5 Å². The highest BCUT2D eigenvalue weighted by molar-refractivity contribution is 5.78. The number of nitrogens with one attached hydrogen (secondary N) is 2. The summed E-state index contributed by atoms with van der Waals surface area (Å²) in [4.78, 5) is 11.9. The molecule has 90 valence electrons. The zero-order valence-electron chi connectivity index (χ0n) is 9.93. The fraction of sp³-hybridized carbons (Fsp3) is 0.769. The van der Waals surface area contributed by atoms with Crippen molar-refractivity contribution in [3.8, 4) is 0 Å². The fourth-order valence-electron chi connectivity index (χ4n) is 2.54. The van der Waals surface area contributed by atoms with Crippen LogP contribution in [0.15, 0.2) is 11.6 Å². The Balaban J connectivity index is 1.72. The van der Waals surface area contributed by atoms with Crippen molar-refractivity contribution in [2.75, 3.05) is 19.6 Å². The molecule has 16 heavy (non-hydrogen) atoms. The minimum absolute atomic E-state index is 0.277. The first-order valence-electron chi connectivity index (χ1n) is 6.52. The lowest BCUT2D eigenvalue weighted by atomic mass is 9.88. The molecule has 2 rings (SSSR count). The van der Waals surface area contributed by atoms with E-state index in [1.165, 1.54) is 24.8 Å². The van der Waals surface area contributed by atoms with E-state index < -0.39 is 0 Å². The van der Waals surface area contributed by atoms with E-state index in [-0.39, 0.29) is 11.8 Å². The molecule has 1 amide bonds. The molecule has 0 aromatic carbocycles. The van der Waals surface area contributed by atoms with E-state index in [4.69, 9.17) is 0 Å². The van der Waals surface area contributed by atoms with E-state index in [1.807, 2.05) is 0 Å². The molecule has 0 unspecified atom stereocenters. The highest BCUT2D eigenvalue weighted by atomic mass is 16.1. The molecule has 2 N–H and O–H groups in total. The number of hydrogen-bond donors (Lipinski definition) is 2. The molecule has 1 saturated carbocycles. The van der Waals surface area contributed by atoms with E-state index >= 15 is 0 Å². The maximum atomic E-state index is 11.9. The standard InChI is InChI=1S/C13H22N2O/c16-13(12-4-2-1-3-5-12)15-10-11-6-8-14-9-7-11/h6,12,14H,1-5,7-10H2,(H,15,16). The number of rotatable bonds is 3. The van der Waals surface area contributed by atoms with E-state index in [1.54, 1.807) is 0 Å². The summed E-state index contributed by atoms with van der Waals surface area (Å²) < 4.78 is 0. The van der Waals surface area contributed by atoms with Crippen LogP contribution >= 0.6 is 0 Å². The lowest BCUT2D eigenvalue weighted by Gasteiger charge is -2.21. The smallest absolute Gasteiger partial charge is 0.223 e. The molecule has 0 spiro atoms. The van der Waals surface area contributed by atoms with Crippen molar-refractivity contribution >= 4 is 5.91 Å². The first kappa shape index (κ1) is 11.6. The monoisotopic (exact) mass is 222 g/mol. The Bertz CT molecular complexity index is 267. The second-order valence-electron chi connectivity index (χ2n) is 4.87. The van der Waals surface area contributed by atoms with Gasteiger partial charge in [0.05, 0.1) is 0 Å². The third kappa shape index (κ3) is 3.34. The number of hydrogen-bond acceptors (Lipinski definition) is 2. The van der Waals surface area contributed by atoms with Gasteiger partial charge in [0.2, 0.25) is 5.91 Å². The van der Waals surface area contributed by atoms with Gasteiger partial charge in [0.25, 0.3) is 0 Å². The molecule has 3 heteroatoms. The summed E-state index contributed by atoms with van der Waals surface area (Å²) in [5.74, 6) is 0.565. The van der Waals surface area contributed by atoms with Crippen LogP contribution in [0.25, 0.3) is 0 Å². The van der Waals surface area contributed by atoms with Gasteiger partial charge >= 0.3 is 0 Å². The molecule has 1 fully saturated rings. The average molecular weight is 222 g/mol. The van der Waals surface area contributed by atoms with E-state index in [0.29, 0.717) is 0 Å². The maximum Gasteiger partial charge on any atom is 0.223 e. The number of carbonyl (C=O) groups is 1. The predicted molar refractivity (Wildman–Crippen MR) is 65.2 cm³/mol. The second kappa shape index (κ2) is 6.04. The van der Waals surface area contributed by atoms with Gasteiger partial charge in [0.15, 0.2) is 0 Å². The van der Waals surface area contributed by atoms with Gasteiger partial charge in [0, 0.05) is 19.0 Å². The van der Waals surface area contributed by atoms with Gasteiger partial charge in [-0.1, -0.05) is 30.9 Å². The fourth-order valence-corrected chi connectivity index (χ4v) is 2.54. The maximum absolute atomic E-state index is 11.9. The van der Waals surface area contributed by atoms with Crippen molar-refractivity contribution in [2.24, 2.45) is 5.92 Å². The van der Waals surface area contributed by atoms with E-state index in [9.17, 15) is 4.79 Å². The van der Waals surface area contributed by atoms with Crippen LogP contribution in [0.1, 0.15) is 38.5 Å². The average Bonchev–Trinajstić information content (AvgIpc) is 2.38. The topological polar surface area (TPSA) is 41.1 Å². The molecular weight excluding hydrogens is 200 g/mol. The Kier molecular flexibility index (Phi) is 4.40. The molecule has 0 aromatic heterocycles. The molecule has 1 aliphatic heterocycles. The largest absolute Gasteiger partial charge is 0.352 e. The van der Waals surface area contributed by atoms with Gasteiger partial charge in [-0.3, -0.25) is 4.79 Å². The van der Waals surface area contributed by atoms with Gasteiger partial charge < -0.3 is 10.6 Å². The van der Waals surface area contributed by atoms with Crippen LogP contribution in [0.5, 0.6) is 0 Å². The van der Waals surface area contributed by atoms with Gasteiger partial charge in [-0.25, -0.2) is 0 Å². The SMILES string of the molecule is O=C(NCC1=CCNCC1)C1CCCCC1. The summed E-state index contributed by atoms with van der Waals surface area (Å²) >= 11 is 0. The molecule has 0 saturated heterocycles. The summed E-state index contributed by atoms with van der Waals surface area (Å²) in [6, 6.07) is 0. The molecule has 0 bridgehead atoms. The first-order chi connectivity index (χ1) is 7.86. The summed E-state index contributed by atoms with van der Waals surface area (Å²) in [5.41, 5.74) is 1.38. The third-order valence-corrected chi connectivity index (χ3v) is 3.62. The molecule has 1 heterocycles. The molecule has 0 aromatic rings. The molecule has 2 aliphatic rings. The minimum Gasteiger partial charge on any atom is -0.352 e. The summed E-state index contributed by atoms with van der Waals surface area (Å²) in [6.45, 7) is 2.76. The summed E-state index contributed by atoms with van der Waals surface area (Å²) in [6.07, 6.45) is 9.21. The predicted octanol–water partition coefficient (Wildman–Crippen LogP) is 1.60. The van der Waals surface area contributed by atoms with Crippen LogP contribution in [0.3, 0.4) is 0 Å². The number of amides is 1. The zero-order valence-corrected chi connectivity index (χ0v) is 9.93. The third-order valence-electron chi connectivity index (χ3n) is 3.62. The Morgan fingerprint density at radius 3 is 2.88 bits per heavy atom. The van der Waals surface area contributed by atoms with Crippen LogP contribution in [-0.4, -0.2) is 25.5 Å².